The van der Waals surface area contributed by atoms with Crippen molar-refractivity contribution in [1.82, 2.24) is 0 Å². The van der Waals surface area contributed by atoms with Crippen LogP contribution in [0.4, 0.5) is 0 Å². The number of aliphatic imine (C=N–C) groups is 1. The molecule has 1 heterocycles. The van der Waals surface area contributed by atoms with Crippen molar-refractivity contribution in [3.63, 3.8) is 0 Å². The van der Waals surface area contributed by atoms with Crippen molar-refractivity contribution in [2.24, 2.45) is 10.1 Å². The van der Waals surface area contributed by atoms with Crippen molar-refractivity contribution < 1.29 is 0 Å². The van der Waals surface area contributed by atoms with Crippen LogP contribution in [0.1, 0.15) is 11.8 Å². The standard InChI is InChI=1S/C8H10N2S2/c1-6(10-7(2)12-9)8-4-3-5-11-8/h3-5H,1,9H2,2H3. The number of thiophene rings is 1. The molecule has 12 heavy (non-hydrogen) atoms. The minimum atomic E-state index is 0.778. The molecule has 1 aromatic rings. The van der Waals surface area contributed by atoms with E-state index in [0.29, 0.717) is 0 Å². The molecule has 0 spiro atoms. The molecule has 0 saturated heterocycles. The van der Waals surface area contributed by atoms with Crippen LogP contribution in [0.3, 0.4) is 0 Å². The van der Waals surface area contributed by atoms with Gasteiger partial charge < -0.3 is 0 Å². The van der Waals surface area contributed by atoms with E-state index in [4.69, 9.17) is 5.14 Å². The molecule has 0 aliphatic carbocycles. The zero-order valence-electron chi connectivity index (χ0n) is 6.78. The van der Waals surface area contributed by atoms with Gasteiger partial charge in [-0.1, -0.05) is 12.6 Å². The molecule has 0 aliphatic rings. The zero-order chi connectivity index (χ0) is 8.97. The predicted octanol–water partition coefficient (Wildman–Crippen LogP) is 2.74. The maximum atomic E-state index is 5.32. The van der Waals surface area contributed by atoms with E-state index < -0.39 is 0 Å². The van der Waals surface area contributed by atoms with Gasteiger partial charge in [-0.05, 0) is 30.3 Å². The molecule has 0 bridgehead atoms. The van der Waals surface area contributed by atoms with Crippen LogP contribution in [0.15, 0.2) is 29.1 Å². The smallest absolute Gasteiger partial charge is 0.0856 e. The Labute approximate surface area is 80.3 Å². The maximum absolute atomic E-state index is 5.32. The van der Waals surface area contributed by atoms with Gasteiger partial charge in [0.2, 0.25) is 0 Å². The third kappa shape index (κ3) is 2.48. The Balaban J connectivity index is 2.74. The fourth-order valence-corrected chi connectivity index (χ4v) is 1.52. The lowest BCUT2D eigenvalue weighted by atomic mass is 10.4. The average molecular weight is 198 g/mol. The largest absolute Gasteiger partial charge is 0.273 e. The summed E-state index contributed by atoms with van der Waals surface area (Å²) in [7, 11) is 0. The molecular weight excluding hydrogens is 188 g/mol. The lowest BCUT2D eigenvalue weighted by molar-refractivity contribution is 1.59. The van der Waals surface area contributed by atoms with Crippen molar-refractivity contribution in [2.45, 2.75) is 6.92 Å². The molecule has 1 rings (SSSR count). The minimum absolute atomic E-state index is 0.778. The Bertz CT molecular complexity index is 288. The molecule has 0 saturated carbocycles. The van der Waals surface area contributed by atoms with Crippen LogP contribution in [-0.4, -0.2) is 5.04 Å². The Hall–Kier alpha value is -0.580. The SMILES string of the molecule is C=C(N=C(C)SN)c1cccs1. The van der Waals surface area contributed by atoms with Crippen molar-refractivity contribution in [1.29, 1.82) is 0 Å². The molecule has 64 valence electrons. The van der Waals surface area contributed by atoms with E-state index in [0.717, 1.165) is 27.6 Å². The first-order valence-corrected chi connectivity index (χ1v) is 5.15. The van der Waals surface area contributed by atoms with E-state index in [1.165, 1.54) is 0 Å². The number of hydrogen-bond acceptors (Lipinski definition) is 4. The second-order valence-electron chi connectivity index (χ2n) is 2.17. The van der Waals surface area contributed by atoms with E-state index in [2.05, 4.69) is 11.6 Å². The van der Waals surface area contributed by atoms with Crippen LogP contribution in [0.2, 0.25) is 0 Å². The molecule has 1 aromatic heterocycles. The third-order valence-electron chi connectivity index (χ3n) is 1.27. The van der Waals surface area contributed by atoms with E-state index in [9.17, 15) is 0 Å². The van der Waals surface area contributed by atoms with Crippen LogP contribution in [0.5, 0.6) is 0 Å². The number of rotatable bonds is 2. The molecule has 0 unspecified atom stereocenters. The lowest BCUT2D eigenvalue weighted by Crippen LogP contribution is -1.89. The van der Waals surface area contributed by atoms with Crippen LogP contribution in [0.25, 0.3) is 5.70 Å². The first-order chi connectivity index (χ1) is 5.74. The highest BCUT2D eigenvalue weighted by Gasteiger charge is 1.97. The molecule has 0 amide bonds. The number of hydrogen-bond donors (Lipinski definition) is 1. The van der Waals surface area contributed by atoms with Crippen LogP contribution < -0.4 is 5.14 Å². The quantitative estimate of drug-likeness (QED) is 0.451. The fourth-order valence-electron chi connectivity index (χ4n) is 0.714. The molecular formula is C8H10N2S2. The summed E-state index contributed by atoms with van der Waals surface area (Å²) in [6.45, 7) is 5.70. The summed E-state index contributed by atoms with van der Waals surface area (Å²) in [4.78, 5) is 5.29. The highest BCUT2D eigenvalue weighted by molar-refractivity contribution is 8.11. The Morgan fingerprint density at radius 3 is 3.00 bits per heavy atom. The third-order valence-corrected chi connectivity index (χ3v) is 2.62. The molecule has 0 radical (unpaired) electrons. The Kier molecular flexibility index (Phi) is 3.52. The first kappa shape index (κ1) is 9.51. The van der Waals surface area contributed by atoms with Crippen LogP contribution >= 0.6 is 23.3 Å². The van der Waals surface area contributed by atoms with Gasteiger partial charge >= 0.3 is 0 Å². The van der Waals surface area contributed by atoms with E-state index in [1.54, 1.807) is 11.3 Å². The van der Waals surface area contributed by atoms with E-state index >= 15 is 0 Å². The van der Waals surface area contributed by atoms with Gasteiger partial charge in [0.1, 0.15) is 0 Å². The van der Waals surface area contributed by atoms with Gasteiger partial charge in [-0.2, -0.15) is 0 Å². The minimum Gasteiger partial charge on any atom is -0.273 e. The van der Waals surface area contributed by atoms with E-state index in [1.807, 2.05) is 24.4 Å². The van der Waals surface area contributed by atoms with Gasteiger partial charge in [-0.15, -0.1) is 11.3 Å². The number of nitrogens with two attached hydrogens (primary N) is 1. The average Bonchev–Trinajstić information content (AvgIpc) is 2.56. The Morgan fingerprint density at radius 2 is 2.50 bits per heavy atom. The van der Waals surface area contributed by atoms with Crippen molar-refractivity contribution in [2.75, 3.05) is 0 Å². The predicted molar refractivity (Wildman–Crippen MR) is 58.2 cm³/mol. The molecule has 2 N–H and O–H groups in total. The van der Waals surface area contributed by atoms with Gasteiger partial charge in [-0.3, -0.25) is 5.14 Å². The van der Waals surface area contributed by atoms with Crippen molar-refractivity contribution in [3.8, 4) is 0 Å². The summed E-state index contributed by atoms with van der Waals surface area (Å²) < 4.78 is 0. The summed E-state index contributed by atoms with van der Waals surface area (Å²) in [6.07, 6.45) is 0. The molecule has 0 atom stereocenters. The second kappa shape index (κ2) is 4.45. The summed E-state index contributed by atoms with van der Waals surface area (Å²) in [5, 5.41) is 8.15. The van der Waals surface area contributed by atoms with Crippen LogP contribution in [-0.2, 0) is 0 Å². The monoisotopic (exact) mass is 198 g/mol. The van der Waals surface area contributed by atoms with Gasteiger partial charge in [-0.25, -0.2) is 4.99 Å². The fraction of sp³-hybridized carbons (Fsp3) is 0.125. The lowest BCUT2D eigenvalue weighted by Gasteiger charge is -1.96. The topological polar surface area (TPSA) is 38.4 Å². The molecule has 0 fully saturated rings. The highest BCUT2D eigenvalue weighted by atomic mass is 32.2. The highest BCUT2D eigenvalue weighted by Crippen LogP contribution is 2.20. The van der Waals surface area contributed by atoms with Gasteiger partial charge in [0.15, 0.2) is 0 Å². The normalized spacial score (nSPS) is 11.7. The maximum Gasteiger partial charge on any atom is 0.0856 e. The van der Waals surface area contributed by atoms with Gasteiger partial charge in [0.25, 0.3) is 0 Å². The van der Waals surface area contributed by atoms with Crippen molar-refractivity contribution in [3.05, 3.63) is 29.0 Å². The summed E-state index contributed by atoms with van der Waals surface area (Å²) >= 11 is 2.77. The summed E-state index contributed by atoms with van der Waals surface area (Å²) in [6, 6.07) is 3.97. The van der Waals surface area contributed by atoms with Gasteiger partial charge in [0, 0.05) is 0 Å². The summed E-state index contributed by atoms with van der Waals surface area (Å²) in [5.41, 5.74) is 0.778. The molecule has 4 heteroatoms. The molecule has 0 aliphatic heterocycles. The number of nitrogens with zero attached hydrogens (tertiary/aromatic N) is 1. The van der Waals surface area contributed by atoms with Gasteiger partial charge in [0.05, 0.1) is 15.6 Å². The second-order valence-corrected chi connectivity index (χ2v) is 3.95. The van der Waals surface area contributed by atoms with Crippen molar-refractivity contribution >= 4 is 34.0 Å². The first-order valence-electron chi connectivity index (χ1n) is 3.39. The molecule has 0 aromatic carbocycles. The van der Waals surface area contributed by atoms with Crippen LogP contribution in [0, 0.1) is 0 Å². The zero-order valence-corrected chi connectivity index (χ0v) is 8.41. The van der Waals surface area contributed by atoms with E-state index in [-0.39, 0.29) is 0 Å². The molecule has 2 nitrogen and oxygen atoms in total. The summed E-state index contributed by atoms with van der Waals surface area (Å²) in [5.74, 6) is 0. The Morgan fingerprint density at radius 1 is 1.75 bits per heavy atom.